The van der Waals surface area contributed by atoms with E-state index in [-0.39, 0.29) is 40.4 Å². The number of ketones is 2. The normalized spacial score (nSPS) is 19.4. The van der Waals surface area contributed by atoms with E-state index in [2.05, 4.69) is 15.9 Å². The van der Waals surface area contributed by atoms with Gasteiger partial charge in [-0.05, 0) is 69.4 Å². The number of alkyl halides is 3. The molecule has 1 heterocycles. The molecule has 0 amide bonds. The van der Waals surface area contributed by atoms with Gasteiger partial charge in [0.25, 0.3) is 0 Å². The van der Waals surface area contributed by atoms with E-state index < -0.39 is 57.4 Å². The number of carboxylic acid groups (broad SMARTS) is 1. The third kappa shape index (κ3) is 6.52. The Morgan fingerprint density at radius 3 is 2.02 bits per heavy atom. The molecule has 10 nitrogen and oxygen atoms in total. The first-order valence-corrected chi connectivity index (χ1v) is 15.4. The fourth-order valence-corrected chi connectivity index (χ4v) is 7.29. The molecule has 0 bridgehead atoms. The minimum Gasteiger partial charge on any atom is -0.493 e. The Kier molecular flexibility index (Phi) is 8.57. The molecule has 0 spiro atoms. The number of halogens is 4. The number of carbonyl (C=O) groups is 3. The van der Waals surface area contributed by atoms with Gasteiger partial charge in [-0.1, -0.05) is 27.7 Å². The maximum absolute atomic E-state index is 13.9. The van der Waals surface area contributed by atoms with Crippen molar-refractivity contribution in [2.75, 3.05) is 13.7 Å². The number of nitro groups is 1. The molecule has 0 saturated heterocycles. The molecule has 2 aliphatic carbocycles. The van der Waals surface area contributed by atoms with E-state index in [4.69, 9.17) is 9.47 Å². The van der Waals surface area contributed by atoms with Crippen LogP contribution in [0.3, 0.4) is 0 Å². The number of hydrogen-bond acceptors (Lipinski definition) is 8. The summed E-state index contributed by atoms with van der Waals surface area (Å²) in [6.45, 7) is 7.27. The molecule has 2 aromatic rings. The van der Waals surface area contributed by atoms with Gasteiger partial charge in [0, 0.05) is 47.4 Å². The molecule has 0 fully saturated rings. The highest BCUT2D eigenvalue weighted by molar-refractivity contribution is 9.10. The van der Waals surface area contributed by atoms with Crippen LogP contribution in [0.25, 0.3) is 0 Å². The lowest BCUT2D eigenvalue weighted by Crippen LogP contribution is -2.45. The Hall–Kier alpha value is -4.20. The summed E-state index contributed by atoms with van der Waals surface area (Å²) in [6, 6.07) is 4.97. The van der Waals surface area contributed by atoms with E-state index in [1.54, 1.807) is 11.0 Å². The van der Waals surface area contributed by atoms with Crippen LogP contribution in [-0.2, 0) is 20.6 Å². The van der Waals surface area contributed by atoms with Gasteiger partial charge in [-0.3, -0.25) is 24.5 Å². The van der Waals surface area contributed by atoms with Crippen LogP contribution in [0, 0.1) is 20.9 Å². The summed E-state index contributed by atoms with van der Waals surface area (Å²) in [5.74, 6) is -2.98. The zero-order valence-corrected chi connectivity index (χ0v) is 27.8. The predicted octanol–water partition coefficient (Wildman–Crippen LogP) is 7.95. The second kappa shape index (κ2) is 11.8. The summed E-state index contributed by atoms with van der Waals surface area (Å²) in [7, 11) is 1.30. The zero-order chi connectivity index (χ0) is 34.8. The van der Waals surface area contributed by atoms with E-state index in [9.17, 15) is 42.8 Å². The number of methoxy groups -OCH3 is 1. The molecule has 0 atom stereocenters. The minimum atomic E-state index is -4.82. The highest BCUT2D eigenvalue weighted by Crippen LogP contribution is 2.56. The van der Waals surface area contributed by atoms with Crippen LogP contribution in [0.4, 0.5) is 18.9 Å². The van der Waals surface area contributed by atoms with Crippen LogP contribution in [0.1, 0.15) is 70.4 Å². The summed E-state index contributed by atoms with van der Waals surface area (Å²) < 4.78 is 51.4. The smallest absolute Gasteiger partial charge is 0.416 e. The molecule has 3 aliphatic rings. The Bertz CT molecular complexity index is 1740. The number of nitro benzene ring substituents is 1. The highest BCUT2D eigenvalue weighted by Gasteiger charge is 2.49. The number of hydrogen-bond donors (Lipinski definition) is 1. The largest absolute Gasteiger partial charge is 0.493 e. The molecular weight excluding hydrogens is 689 g/mol. The van der Waals surface area contributed by atoms with E-state index >= 15 is 0 Å². The van der Waals surface area contributed by atoms with Gasteiger partial charge in [0.05, 0.1) is 22.1 Å². The van der Waals surface area contributed by atoms with Crippen molar-refractivity contribution < 1.29 is 47.1 Å². The minimum absolute atomic E-state index is 0.0213. The lowest BCUT2D eigenvalue weighted by Gasteiger charge is -2.48. The molecule has 5 rings (SSSR count). The van der Waals surface area contributed by atoms with Crippen LogP contribution in [0.15, 0.2) is 57.3 Å². The van der Waals surface area contributed by atoms with Gasteiger partial charge in [0.2, 0.25) is 5.75 Å². The molecule has 14 heteroatoms. The number of ether oxygens (including phenoxy) is 2. The summed E-state index contributed by atoms with van der Waals surface area (Å²) >= 11 is 3.41. The molecule has 250 valence electrons. The maximum Gasteiger partial charge on any atom is 0.416 e. The molecule has 47 heavy (non-hydrogen) atoms. The third-order valence-electron chi connectivity index (χ3n) is 8.60. The Balaban J connectivity index is 1.70. The van der Waals surface area contributed by atoms with Gasteiger partial charge in [-0.15, -0.1) is 0 Å². The molecule has 0 unspecified atom stereocenters. The van der Waals surface area contributed by atoms with E-state index in [0.717, 1.165) is 6.07 Å². The zero-order valence-electron chi connectivity index (χ0n) is 26.2. The quantitative estimate of drug-likeness (QED) is 0.223. The van der Waals surface area contributed by atoms with Crippen LogP contribution >= 0.6 is 15.9 Å². The molecule has 1 N–H and O–H groups in total. The van der Waals surface area contributed by atoms with Crippen LogP contribution in [-0.4, -0.2) is 46.1 Å². The maximum atomic E-state index is 13.9. The SMILES string of the molecule is COc1cc(C2C3=C(CC(C)(C)CC3=O)N(CC(=O)O)C3=C2C(=O)CC(C)(C)C3)cc(Br)c1Oc1ccc(C(F)(F)F)cc1[N+](=O)[O-]. The van der Waals surface area contributed by atoms with Crippen molar-refractivity contribution in [2.24, 2.45) is 10.8 Å². The summed E-state index contributed by atoms with van der Waals surface area (Å²) in [5.41, 5.74) is -0.931. The van der Waals surface area contributed by atoms with Crippen molar-refractivity contribution in [3.05, 3.63) is 78.6 Å². The van der Waals surface area contributed by atoms with Gasteiger partial charge in [-0.2, -0.15) is 13.2 Å². The van der Waals surface area contributed by atoms with Crippen molar-refractivity contribution in [3.8, 4) is 17.2 Å². The van der Waals surface area contributed by atoms with Crippen LogP contribution < -0.4 is 9.47 Å². The molecule has 0 radical (unpaired) electrons. The highest BCUT2D eigenvalue weighted by atomic mass is 79.9. The van der Waals surface area contributed by atoms with Crippen molar-refractivity contribution in [1.29, 1.82) is 0 Å². The fourth-order valence-electron chi connectivity index (χ4n) is 6.75. The number of carbonyl (C=O) groups excluding carboxylic acids is 2. The predicted molar refractivity (Wildman–Crippen MR) is 166 cm³/mol. The van der Waals surface area contributed by atoms with Crippen molar-refractivity contribution in [3.63, 3.8) is 0 Å². The average molecular weight is 722 g/mol. The fraction of sp³-hybridized carbons (Fsp3) is 0.424. The number of Topliss-reactive ketones (excluding diaryl/α,β-unsaturated/α-hetero) is 2. The second-order valence-electron chi connectivity index (χ2n) is 13.6. The Morgan fingerprint density at radius 1 is 1.00 bits per heavy atom. The number of aliphatic carboxylic acids is 1. The van der Waals surface area contributed by atoms with Gasteiger partial charge >= 0.3 is 17.8 Å². The van der Waals surface area contributed by atoms with Crippen LogP contribution in [0.5, 0.6) is 17.2 Å². The molecule has 0 aromatic heterocycles. The molecule has 2 aromatic carbocycles. The first kappa shape index (κ1) is 34.1. The summed E-state index contributed by atoms with van der Waals surface area (Å²) in [5, 5.41) is 21.6. The number of rotatable bonds is 7. The first-order chi connectivity index (χ1) is 21.7. The number of benzene rings is 2. The van der Waals surface area contributed by atoms with Crippen molar-refractivity contribution in [2.45, 2.75) is 65.5 Å². The van der Waals surface area contributed by atoms with E-state index in [1.165, 1.54) is 13.2 Å². The standard InChI is InChI=1S/C33H32BrF3N2O8/c1-31(2)11-20-28(22(40)13-31)27(29-21(38(20)15-26(42)43)12-32(3,4)14-23(29)41)16-8-18(34)30(25(9-16)46-5)47-24-7-6-17(33(35,36)37)10-19(24)39(44)45/h6-10,27H,11-15H2,1-5H3,(H,42,43). The second-order valence-corrected chi connectivity index (χ2v) is 14.4. The van der Waals surface area contributed by atoms with Crippen molar-refractivity contribution in [1.82, 2.24) is 4.90 Å². The number of nitrogens with zero attached hydrogens (tertiary/aromatic N) is 2. The van der Waals surface area contributed by atoms with Gasteiger partial charge in [-0.25, -0.2) is 0 Å². The lowest BCUT2D eigenvalue weighted by atomic mass is 9.63. The first-order valence-electron chi connectivity index (χ1n) is 14.7. The molecule has 0 saturated carbocycles. The molecule has 1 aliphatic heterocycles. The summed E-state index contributed by atoms with van der Waals surface area (Å²) in [4.78, 5) is 52.3. The van der Waals surface area contributed by atoms with Crippen molar-refractivity contribution >= 4 is 39.2 Å². The number of carboxylic acids is 1. The van der Waals surface area contributed by atoms with E-state index in [1.807, 2.05) is 27.7 Å². The third-order valence-corrected chi connectivity index (χ3v) is 9.18. The Labute approximate surface area is 276 Å². The number of allylic oxidation sites excluding steroid dienone is 4. The monoisotopic (exact) mass is 720 g/mol. The van der Waals surface area contributed by atoms with E-state index in [0.29, 0.717) is 53.1 Å². The van der Waals surface area contributed by atoms with Gasteiger partial charge in [0.1, 0.15) is 6.54 Å². The average Bonchev–Trinajstić information content (AvgIpc) is 2.92. The van der Waals surface area contributed by atoms with Gasteiger partial charge < -0.3 is 19.5 Å². The Morgan fingerprint density at radius 2 is 1.55 bits per heavy atom. The lowest BCUT2D eigenvalue weighted by molar-refractivity contribution is -0.385. The van der Waals surface area contributed by atoms with Gasteiger partial charge in [0.15, 0.2) is 23.1 Å². The summed E-state index contributed by atoms with van der Waals surface area (Å²) in [6.07, 6.45) is -3.70. The molecular formula is C33H32BrF3N2O8. The topological polar surface area (TPSA) is 136 Å². The van der Waals surface area contributed by atoms with Crippen LogP contribution in [0.2, 0.25) is 0 Å².